The van der Waals surface area contributed by atoms with Crippen LogP contribution in [0, 0.1) is 0 Å². The number of methoxy groups -OCH3 is 1. The molecule has 1 aliphatic rings. The number of nitrogen functional groups attached to an aromatic ring is 1. The smallest absolute Gasteiger partial charge is 0.256 e. The number of halogens is 1. The molecule has 1 atom stereocenters. The van der Waals surface area contributed by atoms with Crippen molar-refractivity contribution in [3.05, 3.63) is 28.2 Å². The normalized spacial score (nSPS) is 19.6. The Hall–Kier alpha value is -1.07. The molecular weight excluding hydrogens is 284 g/mol. The summed E-state index contributed by atoms with van der Waals surface area (Å²) in [6.45, 7) is 1.37. The van der Waals surface area contributed by atoms with E-state index in [-0.39, 0.29) is 12.0 Å². The van der Waals surface area contributed by atoms with Gasteiger partial charge in [-0.15, -0.1) is 0 Å². The Bertz CT molecular complexity index is 437. The highest BCUT2D eigenvalue weighted by atomic mass is 79.9. The van der Waals surface area contributed by atoms with Gasteiger partial charge in [0.25, 0.3) is 5.91 Å². The first-order valence-corrected chi connectivity index (χ1v) is 6.28. The number of carbonyl (C=O) groups is 1. The van der Waals surface area contributed by atoms with Crippen molar-refractivity contribution in [1.82, 2.24) is 4.90 Å². The van der Waals surface area contributed by atoms with Crippen LogP contribution in [0.1, 0.15) is 16.8 Å². The topological polar surface area (TPSA) is 55.6 Å². The van der Waals surface area contributed by atoms with E-state index in [1.165, 1.54) is 0 Å². The van der Waals surface area contributed by atoms with Gasteiger partial charge >= 0.3 is 0 Å². The maximum atomic E-state index is 12.2. The molecule has 1 heterocycles. The molecule has 1 aliphatic heterocycles. The van der Waals surface area contributed by atoms with Crippen molar-refractivity contribution < 1.29 is 9.53 Å². The average molecular weight is 299 g/mol. The van der Waals surface area contributed by atoms with E-state index in [2.05, 4.69) is 15.9 Å². The summed E-state index contributed by atoms with van der Waals surface area (Å²) in [6.07, 6.45) is 1.04. The summed E-state index contributed by atoms with van der Waals surface area (Å²) < 4.78 is 6.12. The molecule has 1 fully saturated rings. The van der Waals surface area contributed by atoms with Crippen LogP contribution in [0.3, 0.4) is 0 Å². The van der Waals surface area contributed by atoms with E-state index < -0.39 is 0 Å². The maximum Gasteiger partial charge on any atom is 0.256 e. The fraction of sp³-hybridized carbons (Fsp3) is 0.417. The van der Waals surface area contributed by atoms with Gasteiger partial charge in [0.05, 0.1) is 11.7 Å². The van der Waals surface area contributed by atoms with E-state index in [1.807, 2.05) is 6.07 Å². The number of nitrogens with two attached hydrogens (primary N) is 1. The Morgan fingerprint density at radius 3 is 2.94 bits per heavy atom. The van der Waals surface area contributed by atoms with Crippen LogP contribution in [0.2, 0.25) is 0 Å². The van der Waals surface area contributed by atoms with E-state index >= 15 is 0 Å². The number of anilines is 1. The molecule has 1 saturated heterocycles. The van der Waals surface area contributed by atoms with Gasteiger partial charge in [0, 0.05) is 30.4 Å². The highest BCUT2D eigenvalue weighted by Gasteiger charge is 2.27. The molecule has 0 aromatic heterocycles. The fourth-order valence-electron chi connectivity index (χ4n) is 2.00. The van der Waals surface area contributed by atoms with Gasteiger partial charge in [-0.1, -0.05) is 15.9 Å². The number of hydrogen-bond acceptors (Lipinski definition) is 3. The van der Waals surface area contributed by atoms with E-state index in [0.29, 0.717) is 17.8 Å². The Labute approximate surface area is 109 Å². The minimum Gasteiger partial charge on any atom is -0.398 e. The second kappa shape index (κ2) is 5.06. The van der Waals surface area contributed by atoms with Crippen molar-refractivity contribution in [1.29, 1.82) is 0 Å². The summed E-state index contributed by atoms with van der Waals surface area (Å²) in [6, 6.07) is 5.33. The lowest BCUT2D eigenvalue weighted by atomic mass is 10.1. The number of amides is 1. The lowest BCUT2D eigenvalue weighted by Crippen LogP contribution is -2.30. The van der Waals surface area contributed by atoms with Crippen LogP contribution in [-0.2, 0) is 4.74 Å². The first-order valence-electron chi connectivity index (χ1n) is 5.49. The SMILES string of the molecule is COC1CCN(C(=O)c2ccc(Br)cc2N)C1. The third-order valence-electron chi connectivity index (χ3n) is 3.01. The summed E-state index contributed by atoms with van der Waals surface area (Å²) in [5.74, 6) is -0.0189. The largest absolute Gasteiger partial charge is 0.398 e. The standard InChI is InChI=1S/C12H15BrN2O2/c1-17-9-4-5-15(7-9)12(16)10-3-2-8(13)6-11(10)14/h2-3,6,9H,4-5,7,14H2,1H3. The number of rotatable bonds is 2. The highest BCUT2D eigenvalue weighted by molar-refractivity contribution is 9.10. The number of nitrogens with zero attached hydrogens (tertiary/aromatic N) is 1. The molecule has 1 aromatic carbocycles. The minimum absolute atomic E-state index is 0.0189. The molecular formula is C12H15BrN2O2. The molecule has 1 amide bonds. The molecule has 1 unspecified atom stereocenters. The number of likely N-dealkylation sites (tertiary alicyclic amines) is 1. The van der Waals surface area contributed by atoms with Crippen LogP contribution in [0.15, 0.2) is 22.7 Å². The van der Waals surface area contributed by atoms with Crippen LogP contribution in [0.25, 0.3) is 0 Å². The van der Waals surface area contributed by atoms with E-state index in [9.17, 15) is 4.79 Å². The van der Waals surface area contributed by atoms with Crippen LogP contribution >= 0.6 is 15.9 Å². The summed E-state index contributed by atoms with van der Waals surface area (Å²) >= 11 is 3.32. The van der Waals surface area contributed by atoms with Crippen molar-refractivity contribution in [2.45, 2.75) is 12.5 Å². The van der Waals surface area contributed by atoms with Crippen LogP contribution in [0.5, 0.6) is 0 Å². The van der Waals surface area contributed by atoms with E-state index in [0.717, 1.165) is 17.4 Å². The van der Waals surface area contributed by atoms with Gasteiger partial charge in [0.1, 0.15) is 0 Å². The molecule has 17 heavy (non-hydrogen) atoms. The Kier molecular flexibility index (Phi) is 3.69. The quantitative estimate of drug-likeness (QED) is 0.849. The first kappa shape index (κ1) is 12.4. The Balaban J connectivity index is 2.15. The van der Waals surface area contributed by atoms with Gasteiger partial charge in [0.15, 0.2) is 0 Å². The lowest BCUT2D eigenvalue weighted by Gasteiger charge is -2.17. The van der Waals surface area contributed by atoms with Crippen LogP contribution < -0.4 is 5.73 Å². The van der Waals surface area contributed by atoms with Crippen LogP contribution in [-0.4, -0.2) is 37.1 Å². The summed E-state index contributed by atoms with van der Waals surface area (Å²) in [7, 11) is 1.67. The molecule has 5 heteroatoms. The molecule has 0 bridgehead atoms. The van der Waals surface area contributed by atoms with Gasteiger partial charge < -0.3 is 15.4 Å². The molecule has 0 aliphatic carbocycles. The molecule has 0 radical (unpaired) electrons. The zero-order valence-corrected chi connectivity index (χ0v) is 11.2. The van der Waals surface area contributed by atoms with Crippen molar-refractivity contribution >= 4 is 27.5 Å². The van der Waals surface area contributed by atoms with Gasteiger partial charge in [-0.25, -0.2) is 0 Å². The summed E-state index contributed by atoms with van der Waals surface area (Å²) in [4.78, 5) is 14.0. The molecule has 1 aromatic rings. The van der Waals surface area contributed by atoms with Crippen molar-refractivity contribution in [3.8, 4) is 0 Å². The minimum atomic E-state index is -0.0189. The molecule has 0 spiro atoms. The van der Waals surface area contributed by atoms with Gasteiger partial charge in [-0.3, -0.25) is 4.79 Å². The maximum absolute atomic E-state index is 12.2. The Morgan fingerprint density at radius 2 is 2.35 bits per heavy atom. The number of benzene rings is 1. The second-order valence-corrected chi connectivity index (χ2v) is 5.04. The predicted molar refractivity (Wildman–Crippen MR) is 69.9 cm³/mol. The third-order valence-corrected chi connectivity index (χ3v) is 3.50. The zero-order chi connectivity index (χ0) is 12.4. The molecule has 2 N–H and O–H groups in total. The summed E-state index contributed by atoms with van der Waals surface area (Å²) in [5.41, 5.74) is 6.91. The number of hydrogen-bond donors (Lipinski definition) is 1. The van der Waals surface area contributed by atoms with E-state index in [4.69, 9.17) is 10.5 Å². The monoisotopic (exact) mass is 298 g/mol. The van der Waals surface area contributed by atoms with Crippen molar-refractivity contribution in [3.63, 3.8) is 0 Å². The molecule has 92 valence electrons. The lowest BCUT2D eigenvalue weighted by molar-refractivity contribution is 0.0725. The number of ether oxygens (including phenoxy) is 1. The fourth-order valence-corrected chi connectivity index (χ4v) is 2.38. The van der Waals surface area contributed by atoms with Crippen molar-refractivity contribution in [2.24, 2.45) is 0 Å². The molecule has 2 rings (SSSR count). The third kappa shape index (κ3) is 2.61. The zero-order valence-electron chi connectivity index (χ0n) is 9.65. The van der Waals surface area contributed by atoms with Gasteiger partial charge in [-0.05, 0) is 24.6 Å². The highest BCUT2D eigenvalue weighted by Crippen LogP contribution is 2.22. The second-order valence-electron chi connectivity index (χ2n) is 4.13. The first-order chi connectivity index (χ1) is 8.11. The Morgan fingerprint density at radius 1 is 1.59 bits per heavy atom. The van der Waals surface area contributed by atoms with Gasteiger partial charge in [-0.2, -0.15) is 0 Å². The summed E-state index contributed by atoms with van der Waals surface area (Å²) in [5, 5.41) is 0. The average Bonchev–Trinajstić information content (AvgIpc) is 2.76. The number of carbonyl (C=O) groups excluding carboxylic acids is 1. The molecule has 4 nitrogen and oxygen atoms in total. The van der Waals surface area contributed by atoms with Crippen LogP contribution in [0.4, 0.5) is 5.69 Å². The van der Waals surface area contributed by atoms with Gasteiger partial charge in [0.2, 0.25) is 0 Å². The molecule has 0 saturated carbocycles. The van der Waals surface area contributed by atoms with Crippen molar-refractivity contribution in [2.75, 3.05) is 25.9 Å². The van der Waals surface area contributed by atoms with E-state index in [1.54, 1.807) is 24.1 Å². The predicted octanol–water partition coefficient (Wildman–Crippen LogP) is 1.89.